The molecule has 0 bridgehead atoms. The average Bonchev–Trinajstić information content (AvgIpc) is 3.41. The Balaban J connectivity index is 1.56. The summed E-state index contributed by atoms with van der Waals surface area (Å²) in [6.07, 6.45) is 2.47. The van der Waals surface area contributed by atoms with Crippen LogP contribution < -0.4 is 4.74 Å². The third kappa shape index (κ3) is 4.17. The lowest BCUT2D eigenvalue weighted by Gasteiger charge is -2.25. The Morgan fingerprint density at radius 1 is 1.03 bits per heavy atom. The summed E-state index contributed by atoms with van der Waals surface area (Å²) < 4.78 is 5.27. The van der Waals surface area contributed by atoms with E-state index in [1.807, 2.05) is 42.6 Å². The second kappa shape index (κ2) is 9.31. The first kappa shape index (κ1) is 22.7. The fourth-order valence-electron chi connectivity index (χ4n) is 4.59. The monoisotopic (exact) mass is 486 g/mol. The quantitative estimate of drug-likeness (QED) is 0.214. The van der Waals surface area contributed by atoms with Gasteiger partial charge in [0, 0.05) is 34.2 Å². The third-order valence-electron chi connectivity index (χ3n) is 6.39. The Hall–Kier alpha value is -4.03. The number of amides is 1. The Bertz CT molecular complexity index is 1440. The average molecular weight is 487 g/mol. The van der Waals surface area contributed by atoms with E-state index in [2.05, 4.69) is 4.98 Å². The summed E-state index contributed by atoms with van der Waals surface area (Å²) in [7, 11) is 1.57. The van der Waals surface area contributed by atoms with Crippen molar-refractivity contribution in [2.75, 3.05) is 13.7 Å². The number of nitrogens with zero attached hydrogens (tertiary/aromatic N) is 1. The maximum Gasteiger partial charge on any atom is 0.295 e. The summed E-state index contributed by atoms with van der Waals surface area (Å²) in [6.45, 7) is 0.306. The summed E-state index contributed by atoms with van der Waals surface area (Å²) in [5.41, 5.74) is 3.25. The van der Waals surface area contributed by atoms with Crippen molar-refractivity contribution in [1.29, 1.82) is 0 Å². The molecule has 0 saturated carbocycles. The van der Waals surface area contributed by atoms with Crippen molar-refractivity contribution >= 4 is 40.0 Å². The van der Waals surface area contributed by atoms with Gasteiger partial charge in [0.1, 0.15) is 11.5 Å². The van der Waals surface area contributed by atoms with Crippen molar-refractivity contribution in [2.24, 2.45) is 0 Å². The Kier molecular flexibility index (Phi) is 6.05. The number of fused-ring (bicyclic) bond motifs is 1. The van der Waals surface area contributed by atoms with E-state index in [4.69, 9.17) is 16.3 Å². The number of hydrogen-bond acceptors (Lipinski definition) is 4. The molecule has 0 spiro atoms. The number of ether oxygens (including phenoxy) is 1. The second-order valence-corrected chi connectivity index (χ2v) is 8.82. The lowest BCUT2D eigenvalue weighted by atomic mass is 9.95. The van der Waals surface area contributed by atoms with Crippen molar-refractivity contribution in [3.8, 4) is 5.75 Å². The number of para-hydroxylation sites is 1. The normalized spacial score (nSPS) is 17.3. The van der Waals surface area contributed by atoms with Crippen LogP contribution in [0.25, 0.3) is 16.7 Å². The number of aliphatic hydroxyl groups is 1. The molecule has 1 aliphatic heterocycles. The molecule has 35 heavy (non-hydrogen) atoms. The van der Waals surface area contributed by atoms with Crippen molar-refractivity contribution in [3.63, 3.8) is 0 Å². The first-order chi connectivity index (χ1) is 17.0. The number of hydrogen-bond donors (Lipinski definition) is 2. The van der Waals surface area contributed by atoms with E-state index in [-0.39, 0.29) is 11.3 Å². The molecule has 7 heteroatoms. The number of ketones is 1. The van der Waals surface area contributed by atoms with E-state index < -0.39 is 17.7 Å². The molecule has 1 aliphatic rings. The zero-order valence-electron chi connectivity index (χ0n) is 19.0. The number of carbonyl (C=O) groups is 2. The number of nitrogens with one attached hydrogen (secondary N) is 1. The van der Waals surface area contributed by atoms with Crippen LogP contribution in [0, 0.1) is 0 Å². The third-order valence-corrected chi connectivity index (χ3v) is 6.64. The number of Topliss-reactive ketones (excluding diaryl/α,β-unsaturated/α-hetero) is 1. The summed E-state index contributed by atoms with van der Waals surface area (Å²) in [6, 6.07) is 20.9. The number of carbonyl (C=O) groups excluding carboxylic acids is 2. The highest BCUT2D eigenvalue weighted by Crippen LogP contribution is 2.40. The zero-order valence-corrected chi connectivity index (χ0v) is 19.8. The molecule has 2 heterocycles. The number of aromatic amines is 1. The molecule has 2 N–H and O–H groups in total. The van der Waals surface area contributed by atoms with Crippen LogP contribution in [0.5, 0.6) is 5.75 Å². The molecule has 1 amide bonds. The summed E-state index contributed by atoms with van der Waals surface area (Å²) in [5, 5.41) is 12.7. The SMILES string of the molecule is COc1ccc(C2/C(=C(\O)c3ccc(Cl)cc3)C(=O)C(=O)N2CCc2c[nH]c3ccccc23)cc1. The van der Waals surface area contributed by atoms with Gasteiger partial charge in [0.15, 0.2) is 0 Å². The molecule has 1 atom stereocenters. The molecule has 3 aromatic carbocycles. The van der Waals surface area contributed by atoms with Crippen LogP contribution in [-0.2, 0) is 16.0 Å². The molecule has 1 aromatic heterocycles. The minimum Gasteiger partial charge on any atom is -0.507 e. The Morgan fingerprint density at radius 3 is 2.46 bits per heavy atom. The van der Waals surface area contributed by atoms with E-state index in [0.29, 0.717) is 34.9 Å². The molecule has 176 valence electrons. The summed E-state index contributed by atoms with van der Waals surface area (Å²) in [4.78, 5) is 31.2. The number of rotatable bonds is 6. The van der Waals surface area contributed by atoms with Gasteiger partial charge in [-0.2, -0.15) is 0 Å². The number of benzene rings is 3. The molecule has 1 saturated heterocycles. The fraction of sp³-hybridized carbons (Fsp3) is 0.143. The van der Waals surface area contributed by atoms with E-state index in [1.54, 1.807) is 43.5 Å². The van der Waals surface area contributed by atoms with Crippen molar-refractivity contribution in [1.82, 2.24) is 9.88 Å². The van der Waals surface area contributed by atoms with Crippen LogP contribution in [0.4, 0.5) is 0 Å². The van der Waals surface area contributed by atoms with Crippen molar-refractivity contribution in [2.45, 2.75) is 12.5 Å². The number of aliphatic hydroxyl groups excluding tert-OH is 1. The topological polar surface area (TPSA) is 82.6 Å². The largest absolute Gasteiger partial charge is 0.507 e. The van der Waals surface area contributed by atoms with Gasteiger partial charge in [-0.3, -0.25) is 9.59 Å². The molecular weight excluding hydrogens is 464 g/mol. The Labute approximate surface area is 207 Å². The number of methoxy groups -OCH3 is 1. The predicted molar refractivity (Wildman–Crippen MR) is 135 cm³/mol. The van der Waals surface area contributed by atoms with Gasteiger partial charge in [-0.15, -0.1) is 0 Å². The highest BCUT2D eigenvalue weighted by Gasteiger charge is 2.45. The number of H-pyrrole nitrogens is 1. The zero-order chi connectivity index (χ0) is 24.5. The molecule has 0 aliphatic carbocycles. The predicted octanol–water partition coefficient (Wildman–Crippen LogP) is 5.49. The molecule has 6 nitrogen and oxygen atoms in total. The maximum absolute atomic E-state index is 13.2. The number of halogens is 1. The van der Waals surface area contributed by atoms with Crippen molar-refractivity contribution < 1.29 is 19.4 Å². The molecule has 0 radical (unpaired) electrons. The van der Waals surface area contributed by atoms with E-state index in [1.165, 1.54) is 4.90 Å². The first-order valence-electron chi connectivity index (χ1n) is 11.2. The van der Waals surface area contributed by atoms with Crippen LogP contribution in [0.3, 0.4) is 0 Å². The Morgan fingerprint density at radius 2 is 1.74 bits per heavy atom. The van der Waals surface area contributed by atoms with Crippen LogP contribution >= 0.6 is 11.6 Å². The maximum atomic E-state index is 13.2. The summed E-state index contributed by atoms with van der Waals surface area (Å²) in [5.74, 6) is -0.920. The minimum atomic E-state index is -0.734. The van der Waals surface area contributed by atoms with Crippen molar-refractivity contribution in [3.05, 3.63) is 106 Å². The lowest BCUT2D eigenvalue weighted by molar-refractivity contribution is -0.139. The van der Waals surface area contributed by atoms with E-state index >= 15 is 0 Å². The smallest absolute Gasteiger partial charge is 0.295 e. The van der Waals surface area contributed by atoms with Gasteiger partial charge in [0.2, 0.25) is 0 Å². The number of aromatic nitrogens is 1. The van der Waals surface area contributed by atoms with Gasteiger partial charge in [-0.05, 0) is 60.0 Å². The molecular formula is C28H23ClN2O4. The van der Waals surface area contributed by atoms with Crippen LogP contribution in [0.15, 0.2) is 84.6 Å². The highest BCUT2D eigenvalue weighted by atomic mass is 35.5. The van der Waals surface area contributed by atoms with E-state index in [9.17, 15) is 14.7 Å². The lowest BCUT2D eigenvalue weighted by Crippen LogP contribution is -2.31. The molecule has 1 fully saturated rings. The van der Waals surface area contributed by atoms with Gasteiger partial charge >= 0.3 is 0 Å². The van der Waals surface area contributed by atoms with Gasteiger partial charge in [-0.25, -0.2) is 0 Å². The molecule has 5 rings (SSSR count). The number of likely N-dealkylation sites (tertiary alicyclic amines) is 1. The standard InChI is InChI=1S/C28H23ClN2O4/c1-35-21-12-8-17(9-13-21)25-24(26(32)18-6-10-20(29)11-7-18)27(33)28(34)31(25)15-14-19-16-30-23-5-3-2-4-22(19)23/h2-13,16,25,30,32H,14-15H2,1H3/b26-24+. The van der Waals surface area contributed by atoms with Gasteiger partial charge in [-0.1, -0.05) is 41.9 Å². The van der Waals surface area contributed by atoms with Gasteiger partial charge < -0.3 is 19.7 Å². The fourth-order valence-corrected chi connectivity index (χ4v) is 4.71. The van der Waals surface area contributed by atoms with E-state index in [0.717, 1.165) is 16.5 Å². The highest BCUT2D eigenvalue weighted by molar-refractivity contribution is 6.46. The second-order valence-electron chi connectivity index (χ2n) is 8.38. The van der Waals surface area contributed by atoms with Gasteiger partial charge in [0.05, 0.1) is 18.7 Å². The molecule has 4 aromatic rings. The van der Waals surface area contributed by atoms with Crippen LogP contribution in [0.1, 0.15) is 22.7 Å². The summed E-state index contributed by atoms with van der Waals surface area (Å²) >= 11 is 5.99. The molecule has 1 unspecified atom stereocenters. The van der Waals surface area contributed by atoms with Crippen LogP contribution in [-0.4, -0.2) is 40.3 Å². The van der Waals surface area contributed by atoms with Crippen LogP contribution in [0.2, 0.25) is 5.02 Å². The van der Waals surface area contributed by atoms with Gasteiger partial charge in [0.25, 0.3) is 11.7 Å². The minimum absolute atomic E-state index is 0.0569. The first-order valence-corrected chi connectivity index (χ1v) is 11.6.